The third-order valence-corrected chi connectivity index (χ3v) is 5.56. The summed E-state index contributed by atoms with van der Waals surface area (Å²) in [6, 6.07) is 6.28. The van der Waals surface area contributed by atoms with E-state index in [2.05, 4.69) is 28.2 Å². The van der Waals surface area contributed by atoms with Crippen molar-refractivity contribution < 1.29 is 17.9 Å². The number of imidazole rings is 1. The Morgan fingerprint density at radius 1 is 1.11 bits per heavy atom. The quantitative estimate of drug-likeness (QED) is 0.493. The minimum atomic E-state index is -2.90. The minimum absolute atomic E-state index is 0.179. The molecule has 2 heterocycles. The number of fused-ring (bicyclic) bond motifs is 3. The molecular weight excluding hydrogens is 378 g/mol. The molecule has 0 spiro atoms. The van der Waals surface area contributed by atoms with Gasteiger partial charge in [-0.05, 0) is 30.9 Å². The predicted molar refractivity (Wildman–Crippen MR) is 110 cm³/mol. The lowest BCUT2D eigenvalue weighted by Crippen LogP contribution is -2.07. The Hall–Kier alpha value is -2.03. The van der Waals surface area contributed by atoms with Crippen LogP contribution in [0.4, 0.5) is 0 Å². The van der Waals surface area contributed by atoms with Crippen LogP contribution in [-0.4, -0.2) is 62.3 Å². The Bertz CT molecular complexity index is 1030. The zero-order chi connectivity index (χ0) is 20.0. The molecule has 0 unspecified atom stereocenters. The number of ether oxygens (including phenoxy) is 2. The molecule has 28 heavy (non-hydrogen) atoms. The van der Waals surface area contributed by atoms with E-state index in [1.54, 1.807) is 7.11 Å². The van der Waals surface area contributed by atoms with Crippen molar-refractivity contribution in [2.45, 2.75) is 25.7 Å². The normalized spacial score (nSPS) is 12.2. The van der Waals surface area contributed by atoms with E-state index in [1.165, 1.54) is 11.8 Å². The number of aromatic nitrogens is 3. The lowest BCUT2D eigenvalue weighted by molar-refractivity contribution is 0.133. The Kier molecular flexibility index (Phi) is 6.98. The van der Waals surface area contributed by atoms with Crippen LogP contribution >= 0.6 is 0 Å². The summed E-state index contributed by atoms with van der Waals surface area (Å²) in [5.74, 6) is 1.08. The summed E-state index contributed by atoms with van der Waals surface area (Å²) in [6.07, 6.45) is 6.14. The van der Waals surface area contributed by atoms with Gasteiger partial charge in [0.1, 0.15) is 15.7 Å². The van der Waals surface area contributed by atoms with Gasteiger partial charge in [-0.2, -0.15) is 0 Å². The summed E-state index contributed by atoms with van der Waals surface area (Å²) in [4.78, 5) is 12.6. The van der Waals surface area contributed by atoms with E-state index in [9.17, 15) is 8.42 Å². The summed E-state index contributed by atoms with van der Waals surface area (Å²) in [5.41, 5.74) is 4.02. The fraction of sp³-hybridized carbons (Fsp3) is 0.500. The second-order valence-electron chi connectivity index (χ2n) is 7.00. The molecular formula is C20H27N3O4S. The fourth-order valence-corrected chi connectivity index (χ4v) is 3.77. The van der Waals surface area contributed by atoms with Gasteiger partial charge in [0.2, 0.25) is 0 Å². The average molecular weight is 406 g/mol. The Balaban J connectivity index is 1.56. The van der Waals surface area contributed by atoms with Crippen molar-refractivity contribution in [3.05, 3.63) is 35.8 Å². The van der Waals surface area contributed by atoms with Gasteiger partial charge in [-0.15, -0.1) is 0 Å². The molecule has 0 radical (unpaired) electrons. The van der Waals surface area contributed by atoms with Crippen molar-refractivity contribution in [1.29, 1.82) is 0 Å². The number of nitrogens with zero attached hydrogens (tertiary/aromatic N) is 2. The first-order chi connectivity index (χ1) is 13.5. The molecule has 1 aromatic carbocycles. The first-order valence-electron chi connectivity index (χ1n) is 9.47. The molecule has 0 aliphatic rings. The largest absolute Gasteiger partial charge is 0.384 e. The molecule has 7 nitrogen and oxygen atoms in total. The summed E-state index contributed by atoms with van der Waals surface area (Å²) < 4.78 is 32.8. The van der Waals surface area contributed by atoms with Gasteiger partial charge < -0.3 is 14.5 Å². The third kappa shape index (κ3) is 5.73. The summed E-state index contributed by atoms with van der Waals surface area (Å²) in [7, 11) is -1.22. The molecule has 0 aliphatic carbocycles. The lowest BCUT2D eigenvalue weighted by Gasteiger charge is -2.05. The molecule has 8 heteroatoms. The van der Waals surface area contributed by atoms with Gasteiger partial charge in [0.15, 0.2) is 0 Å². The first kappa shape index (κ1) is 20.7. The highest BCUT2D eigenvalue weighted by atomic mass is 32.2. The van der Waals surface area contributed by atoms with Crippen LogP contribution in [0.2, 0.25) is 0 Å². The molecule has 0 amide bonds. The van der Waals surface area contributed by atoms with Crippen molar-refractivity contribution in [2.75, 3.05) is 38.9 Å². The molecule has 1 N–H and O–H groups in total. The van der Waals surface area contributed by atoms with E-state index in [0.717, 1.165) is 47.0 Å². The number of hydrogen-bond acceptors (Lipinski definition) is 6. The zero-order valence-electron chi connectivity index (χ0n) is 16.4. The van der Waals surface area contributed by atoms with Crippen LogP contribution in [0.15, 0.2) is 24.4 Å². The van der Waals surface area contributed by atoms with Gasteiger partial charge in [-0.3, -0.25) is 4.98 Å². The highest BCUT2D eigenvalue weighted by molar-refractivity contribution is 7.90. The van der Waals surface area contributed by atoms with E-state index >= 15 is 0 Å². The topological polar surface area (TPSA) is 94.2 Å². The maximum atomic E-state index is 11.1. The molecule has 0 saturated heterocycles. The number of aromatic amines is 1. The number of benzene rings is 1. The zero-order valence-corrected chi connectivity index (χ0v) is 17.2. The van der Waals surface area contributed by atoms with Crippen LogP contribution in [0.3, 0.4) is 0 Å². The standard InChI is InChI=1S/C20H27N3O4S/c1-26-11-8-19-22-18-14-21-17-13-15(6-7-16(17)20(18)23-19)5-3-9-27-10-4-12-28(2,24)25/h6-7,13-14H,3-5,8-12H2,1-2H3,(H,22,23). The van der Waals surface area contributed by atoms with E-state index in [1.807, 2.05) is 6.20 Å². The van der Waals surface area contributed by atoms with Crippen molar-refractivity contribution in [3.8, 4) is 0 Å². The van der Waals surface area contributed by atoms with Crippen LogP contribution in [0.1, 0.15) is 24.2 Å². The Morgan fingerprint density at radius 3 is 2.71 bits per heavy atom. The number of pyridine rings is 1. The SMILES string of the molecule is COCCc1nc2c(cnc3cc(CCCOCCCS(C)(=O)=O)ccc32)[nH]1. The van der Waals surface area contributed by atoms with Crippen LogP contribution < -0.4 is 0 Å². The molecule has 0 saturated carbocycles. The number of methoxy groups -OCH3 is 1. The first-order valence-corrected chi connectivity index (χ1v) is 11.5. The number of sulfone groups is 1. The fourth-order valence-electron chi connectivity index (χ4n) is 3.13. The highest BCUT2D eigenvalue weighted by Gasteiger charge is 2.08. The molecule has 0 aliphatic heterocycles. The Labute approximate surface area is 165 Å². The van der Waals surface area contributed by atoms with E-state index in [-0.39, 0.29) is 5.75 Å². The van der Waals surface area contributed by atoms with E-state index in [0.29, 0.717) is 26.2 Å². The van der Waals surface area contributed by atoms with Crippen LogP contribution in [0.25, 0.3) is 21.9 Å². The van der Waals surface area contributed by atoms with Crippen molar-refractivity contribution in [2.24, 2.45) is 0 Å². The summed E-state index contributed by atoms with van der Waals surface area (Å²) in [6.45, 7) is 1.73. The maximum absolute atomic E-state index is 11.1. The predicted octanol–water partition coefficient (Wildman–Crippen LogP) is 2.68. The summed E-state index contributed by atoms with van der Waals surface area (Å²) >= 11 is 0. The van der Waals surface area contributed by atoms with Crippen molar-refractivity contribution in [3.63, 3.8) is 0 Å². The minimum Gasteiger partial charge on any atom is -0.384 e. The van der Waals surface area contributed by atoms with Gasteiger partial charge in [0.25, 0.3) is 0 Å². The molecule has 0 bridgehead atoms. The van der Waals surface area contributed by atoms with Crippen LogP contribution in [0, 0.1) is 0 Å². The van der Waals surface area contributed by atoms with Crippen molar-refractivity contribution >= 4 is 31.8 Å². The summed E-state index contributed by atoms with van der Waals surface area (Å²) in [5, 5.41) is 1.04. The number of aryl methyl sites for hydroxylation is 1. The number of nitrogens with one attached hydrogen (secondary N) is 1. The molecule has 2 aromatic heterocycles. The van der Waals surface area contributed by atoms with Gasteiger partial charge in [0.05, 0.1) is 35.1 Å². The van der Waals surface area contributed by atoms with Gasteiger partial charge >= 0.3 is 0 Å². The number of hydrogen-bond donors (Lipinski definition) is 1. The number of H-pyrrole nitrogens is 1. The van der Waals surface area contributed by atoms with E-state index in [4.69, 9.17) is 14.5 Å². The van der Waals surface area contributed by atoms with Gasteiger partial charge in [-0.25, -0.2) is 13.4 Å². The third-order valence-electron chi connectivity index (χ3n) is 4.53. The monoisotopic (exact) mass is 405 g/mol. The van der Waals surface area contributed by atoms with Crippen LogP contribution in [-0.2, 0) is 32.2 Å². The molecule has 152 valence electrons. The second kappa shape index (κ2) is 9.45. The lowest BCUT2D eigenvalue weighted by atomic mass is 10.1. The highest BCUT2D eigenvalue weighted by Crippen LogP contribution is 2.23. The van der Waals surface area contributed by atoms with Crippen LogP contribution in [0.5, 0.6) is 0 Å². The molecule has 3 aromatic rings. The number of rotatable bonds is 11. The molecule has 3 rings (SSSR count). The molecule has 0 fully saturated rings. The van der Waals surface area contributed by atoms with Gasteiger partial charge in [0, 0.05) is 38.4 Å². The Morgan fingerprint density at radius 2 is 1.93 bits per heavy atom. The smallest absolute Gasteiger partial charge is 0.147 e. The van der Waals surface area contributed by atoms with Crippen molar-refractivity contribution in [1.82, 2.24) is 15.0 Å². The molecule has 0 atom stereocenters. The maximum Gasteiger partial charge on any atom is 0.147 e. The average Bonchev–Trinajstić information content (AvgIpc) is 3.08. The second-order valence-corrected chi connectivity index (χ2v) is 9.26. The van der Waals surface area contributed by atoms with E-state index < -0.39 is 9.84 Å². The van der Waals surface area contributed by atoms with Gasteiger partial charge in [-0.1, -0.05) is 12.1 Å².